The predicted molar refractivity (Wildman–Crippen MR) is 199 cm³/mol. The van der Waals surface area contributed by atoms with Gasteiger partial charge in [0.1, 0.15) is 12.6 Å². The molecule has 2 N–H and O–H groups in total. The van der Waals surface area contributed by atoms with Crippen LogP contribution in [0.4, 0.5) is 0 Å². The van der Waals surface area contributed by atoms with Crippen LogP contribution in [-0.4, -0.2) is 35.6 Å². The summed E-state index contributed by atoms with van der Waals surface area (Å²) in [5, 5.41) is 11.0. The number of carbonyl (C=O) groups excluding carboxylic acids is 2. The largest absolute Gasteiger partial charge is 0.480 e. The van der Waals surface area contributed by atoms with Gasteiger partial charge in [-0.2, -0.15) is 0 Å². The van der Waals surface area contributed by atoms with Gasteiger partial charge in [0, 0.05) is 12.8 Å². The van der Waals surface area contributed by atoms with E-state index in [0.717, 1.165) is 57.8 Å². The summed E-state index contributed by atoms with van der Waals surface area (Å²) in [5.41, 5.74) is 0. The third-order valence-corrected chi connectivity index (χ3v) is 9.17. The van der Waals surface area contributed by atoms with Crippen LogP contribution in [0.2, 0.25) is 0 Å². The van der Waals surface area contributed by atoms with Crippen molar-refractivity contribution >= 4 is 17.8 Å². The van der Waals surface area contributed by atoms with Crippen molar-refractivity contribution in [1.29, 1.82) is 0 Å². The molecule has 0 radical (unpaired) electrons. The highest BCUT2D eigenvalue weighted by molar-refractivity contribution is 5.80. The first kappa shape index (κ1) is 45.2. The lowest BCUT2D eigenvalue weighted by Gasteiger charge is -2.15. The minimum absolute atomic E-state index is 0.0823. The van der Waals surface area contributed by atoms with Crippen LogP contribution in [0.15, 0.2) is 12.2 Å². The van der Waals surface area contributed by atoms with Crippen LogP contribution in [0.1, 0.15) is 219 Å². The van der Waals surface area contributed by atoms with Crippen LogP contribution in [0.25, 0.3) is 0 Å². The Morgan fingerprint density at radius 2 is 0.957 bits per heavy atom. The fourth-order valence-electron chi connectivity index (χ4n) is 6.13. The van der Waals surface area contributed by atoms with Crippen LogP contribution < -0.4 is 5.32 Å². The number of amides is 1. The number of carboxylic acid groups (broad SMARTS) is 1. The molecule has 47 heavy (non-hydrogen) atoms. The summed E-state index contributed by atoms with van der Waals surface area (Å²) in [7, 11) is 0. The van der Waals surface area contributed by atoms with Crippen LogP contribution in [0.3, 0.4) is 0 Å². The lowest BCUT2D eigenvalue weighted by atomic mass is 10.0. The monoisotopic (exact) mass is 664 g/mol. The third-order valence-electron chi connectivity index (χ3n) is 9.17. The Bertz CT molecular complexity index is 737. The Kier molecular flexibility index (Phi) is 35.5. The lowest BCUT2D eigenvalue weighted by Crippen LogP contribution is -2.28. The van der Waals surface area contributed by atoms with E-state index in [4.69, 9.17) is 9.84 Å². The van der Waals surface area contributed by atoms with Gasteiger partial charge in [-0.1, -0.05) is 174 Å². The van der Waals surface area contributed by atoms with Crippen molar-refractivity contribution in [3.05, 3.63) is 12.2 Å². The summed E-state index contributed by atoms with van der Waals surface area (Å²) in [5.74, 6) is -1.32. The molecule has 0 aliphatic rings. The van der Waals surface area contributed by atoms with Crippen molar-refractivity contribution in [2.45, 2.75) is 225 Å². The van der Waals surface area contributed by atoms with Gasteiger partial charge in [-0.05, 0) is 44.6 Å². The number of nitrogens with one attached hydrogen (secondary N) is 1. The Labute approximate surface area is 291 Å². The molecule has 1 unspecified atom stereocenters. The molecule has 0 bridgehead atoms. The molecule has 0 spiro atoms. The Morgan fingerprint density at radius 3 is 1.43 bits per heavy atom. The van der Waals surface area contributed by atoms with E-state index >= 15 is 0 Å². The zero-order chi connectivity index (χ0) is 34.5. The molecule has 0 heterocycles. The molecule has 1 amide bonds. The fraction of sp³-hybridized carbons (Fsp3) is 0.878. The number of allylic oxidation sites excluding steroid dienone is 1. The van der Waals surface area contributed by atoms with Crippen molar-refractivity contribution in [3.63, 3.8) is 0 Å². The second-order valence-corrected chi connectivity index (χ2v) is 13.9. The molecule has 0 saturated heterocycles. The minimum Gasteiger partial charge on any atom is -0.480 e. The van der Waals surface area contributed by atoms with Gasteiger partial charge in [0.25, 0.3) is 0 Å². The van der Waals surface area contributed by atoms with E-state index in [1.54, 1.807) is 0 Å². The molecular weight excluding hydrogens is 586 g/mol. The summed E-state index contributed by atoms with van der Waals surface area (Å²) in [6.07, 6.45) is 42.3. The normalized spacial score (nSPS) is 12.0. The van der Waals surface area contributed by atoms with E-state index in [2.05, 4.69) is 31.3 Å². The number of carbonyl (C=O) groups is 3. The number of hydrogen-bond acceptors (Lipinski definition) is 4. The lowest BCUT2D eigenvalue weighted by molar-refractivity contribution is -0.147. The van der Waals surface area contributed by atoms with Gasteiger partial charge < -0.3 is 15.2 Å². The maximum absolute atomic E-state index is 12.6. The average molecular weight is 664 g/mol. The Hall–Kier alpha value is -1.85. The highest BCUT2D eigenvalue weighted by atomic mass is 16.5. The predicted octanol–water partition coefficient (Wildman–Crippen LogP) is 12.2. The second kappa shape index (κ2) is 37.0. The summed E-state index contributed by atoms with van der Waals surface area (Å²) in [6.45, 7) is 4.16. The number of hydrogen-bond donors (Lipinski definition) is 2. The fourth-order valence-corrected chi connectivity index (χ4v) is 6.13. The highest BCUT2D eigenvalue weighted by Gasteiger charge is 2.12. The molecule has 276 valence electrons. The highest BCUT2D eigenvalue weighted by Crippen LogP contribution is 2.17. The van der Waals surface area contributed by atoms with Gasteiger partial charge in [-0.3, -0.25) is 14.4 Å². The molecule has 0 saturated carbocycles. The molecular formula is C41H77NO5. The van der Waals surface area contributed by atoms with Gasteiger partial charge in [-0.15, -0.1) is 0 Å². The number of unbranched alkanes of at least 4 members (excludes halogenated alkanes) is 26. The molecule has 6 heteroatoms. The summed E-state index contributed by atoms with van der Waals surface area (Å²) in [4.78, 5) is 34.8. The number of aliphatic carboxylic acids is 1. The average Bonchev–Trinajstić information content (AvgIpc) is 3.05. The van der Waals surface area contributed by atoms with Crippen molar-refractivity contribution in [1.82, 2.24) is 5.32 Å². The van der Waals surface area contributed by atoms with Crippen molar-refractivity contribution in [3.8, 4) is 0 Å². The number of esters is 1. The number of ether oxygens (including phenoxy) is 1. The molecule has 0 rings (SSSR count). The molecule has 0 aliphatic heterocycles. The van der Waals surface area contributed by atoms with Crippen LogP contribution in [-0.2, 0) is 19.1 Å². The van der Waals surface area contributed by atoms with E-state index < -0.39 is 5.97 Å². The summed E-state index contributed by atoms with van der Waals surface area (Å²) in [6, 6.07) is 0. The van der Waals surface area contributed by atoms with Gasteiger partial charge in [-0.25, -0.2) is 0 Å². The first-order valence-electron chi connectivity index (χ1n) is 20.3. The third kappa shape index (κ3) is 36.8. The van der Waals surface area contributed by atoms with Crippen LogP contribution in [0, 0.1) is 0 Å². The zero-order valence-corrected chi connectivity index (χ0v) is 31.1. The molecule has 0 aliphatic carbocycles. The molecule has 0 fully saturated rings. The first-order chi connectivity index (χ1) is 23.0. The Morgan fingerprint density at radius 1 is 0.553 bits per heavy atom. The van der Waals surface area contributed by atoms with E-state index in [-0.39, 0.29) is 24.5 Å². The Balaban J connectivity index is 3.79. The molecule has 0 aromatic heterocycles. The van der Waals surface area contributed by atoms with Gasteiger partial charge in [0.2, 0.25) is 5.91 Å². The molecule has 6 nitrogen and oxygen atoms in total. The minimum atomic E-state index is -1.03. The molecule has 0 aromatic rings. The standard InChI is InChI=1S/C41H77NO5/c1-3-5-7-9-10-11-12-13-14-15-16-17-18-19-20-21-22-23-24-26-32-36-41(46)47-38(33-29-25-8-6-4-2)34-30-27-28-31-35-39(43)42-37-40(44)45/h29,33,38H,3-28,30-32,34-37H2,1-2H3,(H,42,43)(H,44,45)/b33-29-. The summed E-state index contributed by atoms with van der Waals surface area (Å²) >= 11 is 0. The van der Waals surface area contributed by atoms with Crippen LogP contribution in [0.5, 0.6) is 0 Å². The van der Waals surface area contributed by atoms with Crippen molar-refractivity contribution in [2.75, 3.05) is 6.54 Å². The summed E-state index contributed by atoms with van der Waals surface area (Å²) < 4.78 is 5.85. The van der Waals surface area contributed by atoms with Gasteiger partial charge in [0.05, 0.1) is 0 Å². The van der Waals surface area contributed by atoms with Crippen molar-refractivity contribution in [2.24, 2.45) is 0 Å². The maximum atomic E-state index is 12.6. The number of carboxylic acids is 1. The smallest absolute Gasteiger partial charge is 0.322 e. The quantitative estimate of drug-likeness (QED) is 0.0392. The zero-order valence-electron chi connectivity index (χ0n) is 31.1. The van der Waals surface area contributed by atoms with E-state index in [0.29, 0.717) is 12.8 Å². The van der Waals surface area contributed by atoms with Crippen LogP contribution >= 0.6 is 0 Å². The van der Waals surface area contributed by atoms with E-state index in [9.17, 15) is 14.4 Å². The topological polar surface area (TPSA) is 92.7 Å². The molecule has 0 aromatic carbocycles. The number of rotatable bonds is 37. The first-order valence-corrected chi connectivity index (χ1v) is 20.3. The van der Waals surface area contributed by atoms with Gasteiger partial charge >= 0.3 is 11.9 Å². The maximum Gasteiger partial charge on any atom is 0.322 e. The van der Waals surface area contributed by atoms with Crippen molar-refractivity contribution < 1.29 is 24.2 Å². The van der Waals surface area contributed by atoms with Gasteiger partial charge in [0.15, 0.2) is 0 Å². The second-order valence-electron chi connectivity index (χ2n) is 13.9. The van der Waals surface area contributed by atoms with E-state index in [1.165, 1.54) is 135 Å². The SMILES string of the molecule is CCCCC/C=C\C(CCCCCCC(=O)NCC(=O)O)OC(=O)CCCCCCCCCCCCCCCCCCCCCCC. The van der Waals surface area contributed by atoms with E-state index in [1.807, 2.05) is 0 Å². The molecule has 1 atom stereocenters.